The molecule has 4 aromatic rings. The van der Waals surface area contributed by atoms with Gasteiger partial charge in [0.2, 0.25) is 5.88 Å². The first-order valence-corrected chi connectivity index (χ1v) is 12.5. The Kier molecular flexibility index (Phi) is 6.57. The summed E-state index contributed by atoms with van der Waals surface area (Å²) in [5.41, 5.74) is 2.95. The Balaban J connectivity index is 1.59. The van der Waals surface area contributed by atoms with Crippen molar-refractivity contribution in [1.29, 1.82) is 0 Å². The summed E-state index contributed by atoms with van der Waals surface area (Å²) in [5.74, 6) is -0.593. The Labute approximate surface area is 200 Å². The van der Waals surface area contributed by atoms with Crippen molar-refractivity contribution in [3.63, 3.8) is 0 Å². The quantitative estimate of drug-likeness (QED) is 0.392. The lowest BCUT2D eigenvalue weighted by Crippen LogP contribution is -2.17. The monoisotopic (exact) mass is 495 g/mol. The average Bonchev–Trinajstić information content (AvgIpc) is 3.32. The first-order chi connectivity index (χ1) is 16.3. The van der Waals surface area contributed by atoms with Crippen molar-refractivity contribution in [2.45, 2.75) is 18.7 Å². The van der Waals surface area contributed by atoms with Gasteiger partial charge in [-0.2, -0.15) is 0 Å². The number of carbonyl (C=O) groups is 1. The number of hydrogen-bond donors (Lipinski definition) is 2. The first-order valence-electron chi connectivity index (χ1n) is 10.1. The van der Waals surface area contributed by atoms with Crippen LogP contribution in [0.2, 0.25) is 0 Å². The molecule has 1 aromatic carbocycles. The summed E-state index contributed by atoms with van der Waals surface area (Å²) >= 11 is 1.34. The zero-order valence-corrected chi connectivity index (χ0v) is 20.2. The highest BCUT2D eigenvalue weighted by atomic mass is 32.2. The van der Waals surface area contributed by atoms with E-state index in [1.165, 1.54) is 30.7 Å². The molecule has 0 saturated heterocycles. The number of anilines is 2. The summed E-state index contributed by atoms with van der Waals surface area (Å²) in [6.45, 7) is 3.51. The molecule has 0 unspecified atom stereocenters. The SMILES string of the molecule is COc1ncc(NC(=O)c2csc(-c3ccccc3)n2)cc1S(=O)(=O)Nc1cc(C)cnc1C. The molecule has 0 aliphatic heterocycles. The fourth-order valence-electron chi connectivity index (χ4n) is 3.07. The normalized spacial score (nSPS) is 11.1. The molecule has 0 saturated carbocycles. The maximum absolute atomic E-state index is 13.1. The fraction of sp³-hybridized carbons (Fsp3) is 0.130. The number of aromatic nitrogens is 3. The number of ether oxygens (including phenoxy) is 1. The van der Waals surface area contributed by atoms with Crippen LogP contribution in [0.25, 0.3) is 10.6 Å². The number of nitrogens with zero attached hydrogens (tertiary/aromatic N) is 3. The first kappa shape index (κ1) is 23.3. The minimum atomic E-state index is -4.09. The van der Waals surface area contributed by atoms with Gasteiger partial charge < -0.3 is 10.1 Å². The third-order valence-electron chi connectivity index (χ3n) is 4.78. The van der Waals surface area contributed by atoms with Gasteiger partial charge in [0, 0.05) is 17.1 Å². The molecule has 0 atom stereocenters. The molecule has 2 N–H and O–H groups in total. The van der Waals surface area contributed by atoms with Crippen LogP contribution >= 0.6 is 11.3 Å². The number of thiazole rings is 1. The lowest BCUT2D eigenvalue weighted by Gasteiger charge is -2.14. The van der Waals surface area contributed by atoms with E-state index in [2.05, 4.69) is 25.0 Å². The van der Waals surface area contributed by atoms with Gasteiger partial charge in [-0.3, -0.25) is 14.5 Å². The van der Waals surface area contributed by atoms with Crippen molar-refractivity contribution < 1.29 is 17.9 Å². The van der Waals surface area contributed by atoms with E-state index < -0.39 is 15.9 Å². The zero-order valence-electron chi connectivity index (χ0n) is 18.6. The number of methoxy groups -OCH3 is 1. The van der Waals surface area contributed by atoms with Gasteiger partial charge in [-0.05, 0) is 31.5 Å². The highest BCUT2D eigenvalue weighted by Crippen LogP contribution is 2.28. The van der Waals surface area contributed by atoms with Crippen LogP contribution in [0.5, 0.6) is 5.88 Å². The predicted molar refractivity (Wildman–Crippen MR) is 131 cm³/mol. The van der Waals surface area contributed by atoms with Crippen molar-refractivity contribution in [2.75, 3.05) is 17.1 Å². The van der Waals surface area contributed by atoms with E-state index >= 15 is 0 Å². The molecule has 0 spiro atoms. The largest absolute Gasteiger partial charge is 0.480 e. The standard InChI is InChI=1S/C23H21N5O4S2/c1-14-9-18(15(2)24-11-14)28-34(30,31)20-10-17(12-25-22(20)32-3)26-21(29)19-13-33-23(27-19)16-7-5-4-6-8-16/h4-13,28H,1-3H3,(H,26,29). The van der Waals surface area contributed by atoms with E-state index in [0.29, 0.717) is 16.4 Å². The smallest absolute Gasteiger partial charge is 0.275 e. The van der Waals surface area contributed by atoms with Gasteiger partial charge in [0.05, 0.1) is 30.4 Å². The zero-order chi connectivity index (χ0) is 24.3. The van der Waals surface area contributed by atoms with Crippen LogP contribution in [0.3, 0.4) is 0 Å². The summed E-state index contributed by atoms with van der Waals surface area (Å²) in [7, 11) is -2.77. The molecule has 3 aromatic heterocycles. The summed E-state index contributed by atoms with van der Waals surface area (Å²) in [5, 5.41) is 5.00. The van der Waals surface area contributed by atoms with E-state index in [0.717, 1.165) is 11.1 Å². The van der Waals surface area contributed by atoms with Gasteiger partial charge in [0.25, 0.3) is 15.9 Å². The third-order valence-corrected chi connectivity index (χ3v) is 7.04. The van der Waals surface area contributed by atoms with Gasteiger partial charge in [-0.1, -0.05) is 30.3 Å². The summed E-state index contributed by atoms with van der Waals surface area (Å²) < 4.78 is 33.9. The van der Waals surface area contributed by atoms with Crippen molar-refractivity contribution in [3.05, 3.63) is 77.2 Å². The average molecular weight is 496 g/mol. The number of amides is 1. The summed E-state index contributed by atoms with van der Waals surface area (Å²) in [6.07, 6.45) is 2.97. The molecule has 0 aliphatic carbocycles. The number of aryl methyl sites for hydroxylation is 2. The van der Waals surface area contributed by atoms with Crippen LogP contribution in [0.1, 0.15) is 21.7 Å². The molecule has 3 heterocycles. The molecule has 4 rings (SSSR count). The van der Waals surface area contributed by atoms with Gasteiger partial charge in [-0.25, -0.2) is 18.4 Å². The van der Waals surface area contributed by atoms with Crippen molar-refractivity contribution in [2.24, 2.45) is 0 Å². The molecule has 0 aliphatic rings. The molecule has 34 heavy (non-hydrogen) atoms. The molecule has 0 fully saturated rings. The Hall–Kier alpha value is -3.83. The molecule has 11 heteroatoms. The molecular formula is C23H21N5O4S2. The molecule has 0 bridgehead atoms. The Morgan fingerprint density at radius 3 is 2.56 bits per heavy atom. The van der Waals surface area contributed by atoms with Gasteiger partial charge in [0.15, 0.2) is 4.90 Å². The van der Waals surface area contributed by atoms with Crippen molar-refractivity contribution in [3.8, 4) is 16.5 Å². The predicted octanol–water partition coefficient (Wildman–Crippen LogP) is 4.28. The van der Waals surface area contributed by atoms with E-state index in [1.54, 1.807) is 24.6 Å². The Morgan fingerprint density at radius 2 is 1.82 bits per heavy atom. The van der Waals surface area contributed by atoms with Crippen LogP contribution in [-0.2, 0) is 10.0 Å². The highest BCUT2D eigenvalue weighted by molar-refractivity contribution is 7.92. The maximum atomic E-state index is 13.1. The van der Waals surface area contributed by atoms with Crippen molar-refractivity contribution in [1.82, 2.24) is 15.0 Å². The van der Waals surface area contributed by atoms with Crippen LogP contribution in [0.4, 0.5) is 11.4 Å². The van der Waals surface area contributed by atoms with Crippen LogP contribution in [0, 0.1) is 13.8 Å². The lowest BCUT2D eigenvalue weighted by molar-refractivity contribution is 0.102. The maximum Gasteiger partial charge on any atom is 0.275 e. The Morgan fingerprint density at radius 1 is 1.06 bits per heavy atom. The van der Waals surface area contributed by atoms with Gasteiger partial charge in [0.1, 0.15) is 10.7 Å². The number of hydrogen-bond acceptors (Lipinski definition) is 8. The molecular weight excluding hydrogens is 474 g/mol. The second-order valence-electron chi connectivity index (χ2n) is 7.34. The van der Waals surface area contributed by atoms with E-state index in [1.807, 2.05) is 37.3 Å². The van der Waals surface area contributed by atoms with Crippen LogP contribution in [-0.4, -0.2) is 36.4 Å². The number of sulfonamides is 1. The minimum Gasteiger partial charge on any atom is -0.480 e. The van der Waals surface area contributed by atoms with Gasteiger partial charge in [-0.15, -0.1) is 11.3 Å². The second-order valence-corrected chi connectivity index (χ2v) is 9.85. The number of rotatable bonds is 7. The number of benzene rings is 1. The molecule has 9 nitrogen and oxygen atoms in total. The minimum absolute atomic E-state index is 0.108. The topological polar surface area (TPSA) is 123 Å². The molecule has 0 radical (unpaired) electrons. The van der Waals surface area contributed by atoms with E-state index in [-0.39, 0.29) is 22.2 Å². The van der Waals surface area contributed by atoms with Crippen molar-refractivity contribution >= 4 is 38.6 Å². The highest BCUT2D eigenvalue weighted by Gasteiger charge is 2.23. The van der Waals surface area contributed by atoms with Gasteiger partial charge >= 0.3 is 0 Å². The second kappa shape index (κ2) is 9.57. The Bertz CT molecular complexity index is 1450. The summed E-state index contributed by atoms with van der Waals surface area (Å²) in [6, 6.07) is 12.5. The fourth-order valence-corrected chi connectivity index (χ4v) is 5.13. The van der Waals surface area contributed by atoms with E-state index in [4.69, 9.17) is 4.74 Å². The number of carbonyl (C=O) groups excluding carboxylic acids is 1. The molecule has 1 amide bonds. The van der Waals surface area contributed by atoms with E-state index in [9.17, 15) is 13.2 Å². The lowest BCUT2D eigenvalue weighted by atomic mass is 10.2. The summed E-state index contributed by atoms with van der Waals surface area (Å²) in [4.78, 5) is 25.1. The number of nitrogens with one attached hydrogen (secondary N) is 2. The van der Waals surface area contributed by atoms with Crippen LogP contribution < -0.4 is 14.8 Å². The number of pyridine rings is 2. The molecule has 174 valence electrons. The third kappa shape index (κ3) is 5.05. The van der Waals surface area contributed by atoms with Crippen LogP contribution in [0.15, 0.2) is 65.1 Å².